The lowest BCUT2D eigenvalue weighted by molar-refractivity contribution is -0.142. The van der Waals surface area contributed by atoms with Crippen LogP contribution < -0.4 is 14.8 Å². The molecule has 0 aliphatic heterocycles. The molecule has 0 radical (unpaired) electrons. The molecule has 1 aliphatic rings. The number of aliphatic carboxylic acids is 1. The van der Waals surface area contributed by atoms with E-state index in [9.17, 15) is 9.90 Å². The lowest BCUT2D eigenvalue weighted by Gasteiger charge is -2.27. The smallest absolute Gasteiger partial charge is 0.330 e. The standard InChI is InChI=1S/C26H27NO4/c1-18-6-5-9-23(14-18)31-13-12-19-15-22(10-11-24(19)30-2)27-26(25(28)29)16-20-7-3-4-8-21(20)17-26/h3-11,14-15,27H,12-13,16-17H2,1-2H3,(H,28,29). The van der Waals surface area contributed by atoms with E-state index < -0.39 is 11.5 Å². The molecule has 31 heavy (non-hydrogen) atoms. The first kappa shape index (κ1) is 20.8. The van der Waals surface area contributed by atoms with E-state index in [2.05, 4.69) is 5.32 Å². The molecule has 3 aromatic carbocycles. The van der Waals surface area contributed by atoms with Crippen LogP contribution in [0.15, 0.2) is 66.7 Å². The number of hydrogen-bond acceptors (Lipinski definition) is 4. The number of fused-ring (bicyclic) bond motifs is 1. The van der Waals surface area contributed by atoms with E-state index in [1.807, 2.05) is 73.7 Å². The molecule has 0 atom stereocenters. The number of benzene rings is 3. The number of carboxylic acids is 1. The lowest BCUT2D eigenvalue weighted by atomic mass is 9.95. The van der Waals surface area contributed by atoms with E-state index in [4.69, 9.17) is 9.47 Å². The van der Waals surface area contributed by atoms with Crippen LogP contribution in [-0.4, -0.2) is 30.3 Å². The SMILES string of the molecule is COc1ccc(NC2(C(=O)O)Cc3ccccc3C2)cc1CCOc1cccc(C)c1. The first-order valence-corrected chi connectivity index (χ1v) is 10.4. The number of carbonyl (C=O) groups is 1. The van der Waals surface area contributed by atoms with E-state index in [0.29, 0.717) is 25.9 Å². The molecule has 2 N–H and O–H groups in total. The maximum atomic E-state index is 12.3. The van der Waals surface area contributed by atoms with Crippen LogP contribution in [0, 0.1) is 6.92 Å². The first-order valence-electron chi connectivity index (χ1n) is 10.4. The van der Waals surface area contributed by atoms with Crippen molar-refractivity contribution in [3.63, 3.8) is 0 Å². The topological polar surface area (TPSA) is 67.8 Å². The lowest BCUT2D eigenvalue weighted by Crippen LogP contribution is -2.47. The van der Waals surface area contributed by atoms with Gasteiger partial charge in [-0.05, 0) is 59.5 Å². The van der Waals surface area contributed by atoms with Crippen LogP contribution >= 0.6 is 0 Å². The number of methoxy groups -OCH3 is 1. The van der Waals surface area contributed by atoms with Crippen LogP contribution in [-0.2, 0) is 24.1 Å². The van der Waals surface area contributed by atoms with Crippen molar-refractivity contribution in [1.29, 1.82) is 0 Å². The molecule has 0 amide bonds. The maximum Gasteiger partial charge on any atom is 0.330 e. The fraction of sp³-hybridized carbons (Fsp3) is 0.269. The zero-order valence-corrected chi connectivity index (χ0v) is 17.9. The van der Waals surface area contributed by atoms with E-state index in [-0.39, 0.29) is 0 Å². The summed E-state index contributed by atoms with van der Waals surface area (Å²) < 4.78 is 11.4. The molecule has 4 rings (SSSR count). The van der Waals surface area contributed by atoms with Crippen LogP contribution in [0.5, 0.6) is 11.5 Å². The number of carboxylic acid groups (broad SMARTS) is 1. The molecule has 0 saturated heterocycles. The molecular weight excluding hydrogens is 390 g/mol. The largest absolute Gasteiger partial charge is 0.496 e. The van der Waals surface area contributed by atoms with Gasteiger partial charge in [-0.1, -0.05) is 36.4 Å². The third-order valence-corrected chi connectivity index (χ3v) is 5.81. The Morgan fingerprint density at radius 3 is 2.42 bits per heavy atom. The minimum atomic E-state index is -1.05. The Kier molecular flexibility index (Phi) is 5.85. The number of ether oxygens (including phenoxy) is 2. The van der Waals surface area contributed by atoms with Crippen LogP contribution in [0.25, 0.3) is 0 Å². The van der Waals surface area contributed by atoms with Gasteiger partial charge in [-0.15, -0.1) is 0 Å². The van der Waals surface area contributed by atoms with E-state index in [0.717, 1.165) is 39.4 Å². The van der Waals surface area contributed by atoms with Gasteiger partial charge in [0.05, 0.1) is 13.7 Å². The molecule has 0 unspecified atom stereocenters. The fourth-order valence-corrected chi connectivity index (χ4v) is 4.22. The molecule has 0 heterocycles. The summed E-state index contributed by atoms with van der Waals surface area (Å²) in [6, 6.07) is 21.6. The quantitative estimate of drug-likeness (QED) is 0.558. The average molecular weight is 418 g/mol. The second-order valence-electron chi connectivity index (χ2n) is 8.08. The number of nitrogens with one attached hydrogen (secondary N) is 1. The number of aryl methyl sites for hydroxylation is 1. The van der Waals surface area contributed by atoms with Crippen LogP contribution in [0.1, 0.15) is 22.3 Å². The zero-order chi connectivity index (χ0) is 21.8. The van der Waals surface area contributed by atoms with Crippen molar-refractivity contribution in [2.75, 3.05) is 19.0 Å². The Labute approximate surface area is 182 Å². The Bertz CT molecular complexity index is 1070. The molecule has 160 valence electrons. The molecule has 0 saturated carbocycles. The van der Waals surface area contributed by atoms with Crippen molar-refractivity contribution in [1.82, 2.24) is 0 Å². The van der Waals surface area contributed by atoms with Crippen LogP contribution in [0.2, 0.25) is 0 Å². The van der Waals surface area contributed by atoms with Gasteiger partial charge in [0.15, 0.2) is 0 Å². The van der Waals surface area contributed by atoms with Crippen molar-refractivity contribution in [2.45, 2.75) is 31.7 Å². The monoisotopic (exact) mass is 417 g/mol. The third-order valence-electron chi connectivity index (χ3n) is 5.81. The predicted octanol–water partition coefficient (Wildman–Crippen LogP) is 4.66. The minimum absolute atomic E-state index is 0.455. The summed E-state index contributed by atoms with van der Waals surface area (Å²) >= 11 is 0. The Balaban J connectivity index is 1.50. The van der Waals surface area contributed by atoms with E-state index in [1.54, 1.807) is 7.11 Å². The summed E-state index contributed by atoms with van der Waals surface area (Å²) in [5.74, 6) is 0.753. The highest BCUT2D eigenvalue weighted by molar-refractivity contribution is 5.85. The molecule has 5 nitrogen and oxygen atoms in total. The van der Waals surface area contributed by atoms with E-state index >= 15 is 0 Å². The summed E-state index contributed by atoms with van der Waals surface area (Å²) in [6.07, 6.45) is 1.56. The summed E-state index contributed by atoms with van der Waals surface area (Å²) in [5, 5.41) is 13.4. The van der Waals surface area contributed by atoms with Gasteiger partial charge in [0.1, 0.15) is 17.0 Å². The van der Waals surface area contributed by atoms with Gasteiger partial charge >= 0.3 is 5.97 Å². The predicted molar refractivity (Wildman–Crippen MR) is 121 cm³/mol. The molecule has 3 aromatic rings. The summed E-state index contributed by atoms with van der Waals surface area (Å²) in [6.45, 7) is 2.53. The van der Waals surface area contributed by atoms with Gasteiger partial charge in [0.2, 0.25) is 0 Å². The number of hydrogen-bond donors (Lipinski definition) is 2. The molecule has 5 heteroatoms. The first-order chi connectivity index (χ1) is 15.0. The Morgan fingerprint density at radius 1 is 1.03 bits per heavy atom. The molecule has 0 aromatic heterocycles. The minimum Gasteiger partial charge on any atom is -0.496 e. The van der Waals surface area contributed by atoms with Crippen molar-refractivity contribution >= 4 is 11.7 Å². The summed E-state index contributed by atoms with van der Waals surface area (Å²) in [7, 11) is 1.64. The highest BCUT2D eigenvalue weighted by Gasteiger charge is 2.44. The second kappa shape index (κ2) is 8.72. The van der Waals surface area contributed by atoms with Gasteiger partial charge in [-0.3, -0.25) is 0 Å². The molecule has 0 bridgehead atoms. The zero-order valence-electron chi connectivity index (χ0n) is 17.9. The molecular formula is C26H27NO4. The highest BCUT2D eigenvalue weighted by atomic mass is 16.5. The fourth-order valence-electron chi connectivity index (χ4n) is 4.22. The Hall–Kier alpha value is -3.47. The van der Waals surface area contributed by atoms with Crippen LogP contribution in [0.3, 0.4) is 0 Å². The van der Waals surface area contributed by atoms with Crippen LogP contribution in [0.4, 0.5) is 5.69 Å². The van der Waals surface area contributed by atoms with E-state index in [1.165, 1.54) is 0 Å². The summed E-state index contributed by atoms with van der Waals surface area (Å²) in [5.41, 5.74) is 4.00. The maximum absolute atomic E-state index is 12.3. The number of anilines is 1. The van der Waals surface area contributed by atoms with Gasteiger partial charge in [0.25, 0.3) is 0 Å². The highest BCUT2D eigenvalue weighted by Crippen LogP contribution is 2.34. The van der Waals surface area contributed by atoms with Gasteiger partial charge in [-0.2, -0.15) is 0 Å². The second-order valence-corrected chi connectivity index (χ2v) is 8.08. The number of rotatable bonds is 8. The van der Waals surface area contributed by atoms with Gasteiger partial charge in [-0.25, -0.2) is 4.79 Å². The van der Waals surface area contributed by atoms with Gasteiger partial charge in [0, 0.05) is 24.9 Å². The molecule has 0 fully saturated rings. The van der Waals surface area contributed by atoms with Gasteiger partial charge < -0.3 is 19.9 Å². The normalized spacial score (nSPS) is 14.0. The average Bonchev–Trinajstić information content (AvgIpc) is 3.13. The molecule has 1 aliphatic carbocycles. The van der Waals surface area contributed by atoms with Crippen molar-refractivity contribution < 1.29 is 19.4 Å². The molecule has 0 spiro atoms. The van der Waals surface area contributed by atoms with Crippen molar-refractivity contribution in [3.8, 4) is 11.5 Å². The van der Waals surface area contributed by atoms with Crippen molar-refractivity contribution in [3.05, 3.63) is 89.0 Å². The summed E-state index contributed by atoms with van der Waals surface area (Å²) in [4.78, 5) is 12.3. The third kappa shape index (κ3) is 4.50. The Morgan fingerprint density at radius 2 is 1.77 bits per heavy atom. The van der Waals surface area contributed by atoms with Crippen molar-refractivity contribution in [2.24, 2.45) is 0 Å².